The number of carbonyl (C=O) groups excluding carboxylic acids is 2. The second kappa shape index (κ2) is 15.5. The van der Waals surface area contributed by atoms with Gasteiger partial charge in [-0.05, 0) is 68.3 Å². The Kier molecular flexibility index (Phi) is 11.7. The van der Waals surface area contributed by atoms with E-state index in [9.17, 15) is 18.0 Å². The van der Waals surface area contributed by atoms with Gasteiger partial charge >= 0.3 is 0 Å². The highest BCUT2D eigenvalue weighted by atomic mass is 35.5. The maximum atomic E-state index is 14.5. The van der Waals surface area contributed by atoms with Crippen molar-refractivity contribution in [3.8, 4) is 5.75 Å². The fraction of sp³-hybridized carbons (Fsp3) is 0.257. The van der Waals surface area contributed by atoms with Crippen LogP contribution in [0.4, 0.5) is 5.69 Å². The number of amides is 2. The Balaban J connectivity index is 1.84. The fourth-order valence-corrected chi connectivity index (χ4v) is 6.77. The van der Waals surface area contributed by atoms with E-state index in [1.807, 2.05) is 51.1 Å². The number of aryl methyl sites for hydroxylation is 1. The molecule has 11 heteroatoms. The van der Waals surface area contributed by atoms with Gasteiger partial charge in [-0.1, -0.05) is 89.4 Å². The maximum absolute atomic E-state index is 14.5. The van der Waals surface area contributed by atoms with Gasteiger partial charge in [0.1, 0.15) is 18.3 Å². The molecule has 0 fully saturated rings. The molecule has 0 unspecified atom stereocenters. The van der Waals surface area contributed by atoms with Crippen molar-refractivity contribution in [3.63, 3.8) is 0 Å². The molecule has 0 aromatic heterocycles. The minimum atomic E-state index is -4.28. The van der Waals surface area contributed by atoms with E-state index < -0.39 is 28.5 Å². The summed E-state index contributed by atoms with van der Waals surface area (Å²) in [4.78, 5) is 29.7. The number of rotatable bonds is 13. The number of nitrogens with zero attached hydrogens (tertiary/aromatic N) is 2. The Bertz CT molecular complexity index is 1770. The minimum Gasteiger partial charge on any atom is -0.495 e. The highest BCUT2D eigenvalue weighted by Crippen LogP contribution is 2.32. The maximum Gasteiger partial charge on any atom is 0.264 e. The van der Waals surface area contributed by atoms with Gasteiger partial charge in [0.05, 0.1) is 22.7 Å². The predicted molar refractivity (Wildman–Crippen MR) is 183 cm³/mol. The molecular formula is C35H37Cl2N3O5S. The number of nitrogens with one attached hydrogen (secondary N) is 1. The van der Waals surface area contributed by atoms with E-state index in [0.29, 0.717) is 16.3 Å². The summed E-state index contributed by atoms with van der Waals surface area (Å²) in [5.41, 5.74) is 2.46. The van der Waals surface area contributed by atoms with E-state index in [1.54, 1.807) is 36.4 Å². The van der Waals surface area contributed by atoms with Crippen LogP contribution < -0.4 is 14.4 Å². The van der Waals surface area contributed by atoms with Gasteiger partial charge in [0.2, 0.25) is 11.8 Å². The van der Waals surface area contributed by atoms with Gasteiger partial charge in [-0.2, -0.15) is 0 Å². The van der Waals surface area contributed by atoms with Crippen molar-refractivity contribution in [1.29, 1.82) is 0 Å². The van der Waals surface area contributed by atoms with Gasteiger partial charge in [-0.3, -0.25) is 13.9 Å². The zero-order chi connectivity index (χ0) is 33.4. The predicted octanol–water partition coefficient (Wildman–Crippen LogP) is 6.67. The molecule has 0 saturated heterocycles. The van der Waals surface area contributed by atoms with Crippen molar-refractivity contribution >= 4 is 50.7 Å². The van der Waals surface area contributed by atoms with E-state index in [0.717, 1.165) is 15.4 Å². The Morgan fingerprint density at radius 1 is 0.870 bits per heavy atom. The van der Waals surface area contributed by atoms with E-state index in [2.05, 4.69) is 5.32 Å². The molecule has 0 heterocycles. The number of sulfonamides is 1. The number of methoxy groups -OCH3 is 1. The molecule has 0 radical (unpaired) electrons. The van der Waals surface area contributed by atoms with Crippen LogP contribution in [0.25, 0.3) is 0 Å². The summed E-state index contributed by atoms with van der Waals surface area (Å²) >= 11 is 13.0. The summed E-state index contributed by atoms with van der Waals surface area (Å²) in [6.07, 6.45) is 0.189. The summed E-state index contributed by atoms with van der Waals surface area (Å²) in [7, 11) is -2.83. The molecule has 0 spiro atoms. The molecular weight excluding hydrogens is 645 g/mol. The summed E-state index contributed by atoms with van der Waals surface area (Å²) < 4.78 is 34.7. The van der Waals surface area contributed by atoms with E-state index >= 15 is 0 Å². The molecule has 46 heavy (non-hydrogen) atoms. The fourth-order valence-electron chi connectivity index (χ4n) is 4.92. The number of ether oxygens (including phenoxy) is 1. The van der Waals surface area contributed by atoms with Gasteiger partial charge in [-0.15, -0.1) is 0 Å². The molecule has 4 aromatic carbocycles. The molecule has 4 rings (SSSR count). The molecule has 0 aliphatic carbocycles. The molecule has 0 aliphatic rings. The molecule has 1 atom stereocenters. The van der Waals surface area contributed by atoms with Crippen molar-refractivity contribution in [2.75, 3.05) is 18.0 Å². The average molecular weight is 683 g/mol. The SMILES string of the molecule is COc1ccc(N(CC(=O)N(Cc2ccccc2Cl)[C@@H](Cc2ccccc2)C(=O)NC(C)C)S(=O)(=O)c2ccc(C)cc2)cc1Cl. The standard InChI is InChI=1S/C35H37Cl2N3O5S/c1-24(2)38-35(42)32(20-26-10-6-5-7-11-26)39(22-27-12-8-9-13-30(27)36)34(41)23-40(28-16-19-33(45-4)31(37)21-28)46(43,44)29-17-14-25(3)15-18-29/h5-19,21,24,32H,20,22-23H2,1-4H3,(H,38,42)/t32-/m0/s1. The molecule has 0 bridgehead atoms. The highest BCUT2D eigenvalue weighted by Gasteiger charge is 2.35. The number of benzene rings is 4. The van der Waals surface area contributed by atoms with Crippen LogP contribution in [0.15, 0.2) is 102 Å². The number of carbonyl (C=O) groups is 2. The zero-order valence-corrected chi connectivity index (χ0v) is 28.4. The molecule has 0 aliphatic heterocycles. The molecule has 4 aromatic rings. The summed E-state index contributed by atoms with van der Waals surface area (Å²) in [5, 5.41) is 3.52. The third-order valence-electron chi connectivity index (χ3n) is 7.31. The Morgan fingerprint density at radius 3 is 2.13 bits per heavy atom. The lowest BCUT2D eigenvalue weighted by Gasteiger charge is -2.34. The third kappa shape index (κ3) is 8.60. The Hall–Kier alpha value is -4.05. The lowest BCUT2D eigenvalue weighted by atomic mass is 10.0. The summed E-state index contributed by atoms with van der Waals surface area (Å²) in [6.45, 7) is 4.86. The molecule has 2 amide bonds. The van der Waals surface area contributed by atoms with Crippen molar-refractivity contribution in [2.45, 2.75) is 50.7 Å². The van der Waals surface area contributed by atoms with Gasteiger partial charge in [0.25, 0.3) is 10.0 Å². The van der Waals surface area contributed by atoms with Crippen LogP contribution in [0, 0.1) is 6.92 Å². The van der Waals surface area contributed by atoms with Crippen LogP contribution in [0.1, 0.15) is 30.5 Å². The average Bonchev–Trinajstić information content (AvgIpc) is 3.02. The summed E-state index contributed by atoms with van der Waals surface area (Å²) in [5.74, 6) is -0.639. The normalized spacial score (nSPS) is 12.0. The second-order valence-corrected chi connectivity index (χ2v) is 13.8. The number of hydrogen-bond donors (Lipinski definition) is 1. The third-order valence-corrected chi connectivity index (χ3v) is 9.76. The van der Waals surface area contributed by atoms with E-state index in [-0.39, 0.29) is 40.5 Å². The smallest absolute Gasteiger partial charge is 0.264 e. The Morgan fingerprint density at radius 2 is 1.52 bits per heavy atom. The van der Waals surface area contributed by atoms with Crippen LogP contribution in [0.2, 0.25) is 10.0 Å². The largest absolute Gasteiger partial charge is 0.495 e. The molecule has 242 valence electrons. The molecule has 0 saturated carbocycles. The van der Waals surface area contributed by atoms with Gasteiger partial charge in [0, 0.05) is 24.0 Å². The van der Waals surface area contributed by atoms with Crippen LogP contribution in [0.3, 0.4) is 0 Å². The monoisotopic (exact) mass is 681 g/mol. The Labute approximate surface area is 280 Å². The summed E-state index contributed by atoms with van der Waals surface area (Å²) in [6, 6.07) is 26.0. The first-order valence-electron chi connectivity index (χ1n) is 14.7. The second-order valence-electron chi connectivity index (χ2n) is 11.1. The highest BCUT2D eigenvalue weighted by molar-refractivity contribution is 7.92. The lowest BCUT2D eigenvalue weighted by Crippen LogP contribution is -2.54. The first-order valence-corrected chi connectivity index (χ1v) is 16.9. The van der Waals surface area contributed by atoms with E-state index in [4.69, 9.17) is 27.9 Å². The lowest BCUT2D eigenvalue weighted by molar-refractivity contribution is -0.140. The van der Waals surface area contributed by atoms with Crippen molar-refractivity contribution in [1.82, 2.24) is 10.2 Å². The number of hydrogen-bond acceptors (Lipinski definition) is 5. The number of anilines is 1. The van der Waals surface area contributed by atoms with Crippen LogP contribution in [0.5, 0.6) is 5.75 Å². The van der Waals surface area contributed by atoms with Crippen LogP contribution in [-0.4, -0.2) is 50.9 Å². The van der Waals surface area contributed by atoms with Crippen molar-refractivity contribution < 1.29 is 22.7 Å². The van der Waals surface area contributed by atoms with Crippen LogP contribution >= 0.6 is 23.2 Å². The van der Waals surface area contributed by atoms with Crippen LogP contribution in [-0.2, 0) is 32.6 Å². The topological polar surface area (TPSA) is 96.0 Å². The quantitative estimate of drug-likeness (QED) is 0.170. The van der Waals surface area contributed by atoms with Gasteiger partial charge in [0.15, 0.2) is 0 Å². The number of halogens is 2. The first kappa shape index (κ1) is 34.8. The molecule has 8 nitrogen and oxygen atoms in total. The van der Waals surface area contributed by atoms with Crippen molar-refractivity contribution in [3.05, 3.63) is 124 Å². The minimum absolute atomic E-state index is 0.00567. The van der Waals surface area contributed by atoms with Gasteiger partial charge in [-0.25, -0.2) is 8.42 Å². The van der Waals surface area contributed by atoms with Crippen molar-refractivity contribution in [2.24, 2.45) is 0 Å². The van der Waals surface area contributed by atoms with Gasteiger partial charge < -0.3 is 15.0 Å². The zero-order valence-electron chi connectivity index (χ0n) is 26.1. The first-order chi connectivity index (χ1) is 21.9. The molecule has 1 N–H and O–H groups in total. The van der Waals surface area contributed by atoms with E-state index in [1.165, 1.54) is 42.3 Å².